The van der Waals surface area contributed by atoms with Crippen LogP contribution in [0.1, 0.15) is 13.8 Å². The molecule has 0 spiro atoms. The van der Waals surface area contributed by atoms with Crippen LogP contribution in [-0.2, 0) is 0 Å². The van der Waals surface area contributed by atoms with Gasteiger partial charge < -0.3 is 14.6 Å². The predicted molar refractivity (Wildman–Crippen MR) is 75.8 cm³/mol. The molecule has 0 amide bonds. The predicted octanol–water partition coefficient (Wildman–Crippen LogP) is 4.00. The average molecular weight is 276 g/mol. The molecule has 0 unspecified atom stereocenters. The van der Waals surface area contributed by atoms with Crippen molar-refractivity contribution in [2.24, 2.45) is 0 Å². The molecule has 0 atom stereocenters. The van der Waals surface area contributed by atoms with Crippen LogP contribution >= 0.6 is 0 Å². The van der Waals surface area contributed by atoms with E-state index in [4.69, 9.17) is 9.47 Å². The fourth-order valence-corrected chi connectivity index (χ4v) is 1.96. The molecule has 2 rings (SSSR count). The summed E-state index contributed by atoms with van der Waals surface area (Å²) in [5.74, 6) is 0.649. The van der Waals surface area contributed by atoms with Crippen molar-refractivity contribution < 1.29 is 19.0 Å². The van der Waals surface area contributed by atoms with Crippen LogP contribution in [0.4, 0.5) is 4.39 Å². The van der Waals surface area contributed by atoms with Gasteiger partial charge in [0.15, 0.2) is 11.5 Å². The Hall–Kier alpha value is -2.23. The van der Waals surface area contributed by atoms with Gasteiger partial charge >= 0.3 is 0 Å². The van der Waals surface area contributed by atoms with E-state index < -0.39 is 5.82 Å². The zero-order valence-electron chi connectivity index (χ0n) is 11.5. The molecule has 4 heteroatoms. The maximum atomic E-state index is 13.9. The van der Waals surface area contributed by atoms with Gasteiger partial charge in [0.25, 0.3) is 0 Å². The van der Waals surface area contributed by atoms with E-state index in [0.717, 1.165) is 6.07 Å². The second kappa shape index (κ2) is 6.28. The quantitative estimate of drug-likeness (QED) is 0.897. The van der Waals surface area contributed by atoms with E-state index in [1.54, 1.807) is 18.2 Å². The lowest BCUT2D eigenvalue weighted by Crippen LogP contribution is -1.98. The molecule has 0 aliphatic heterocycles. The van der Waals surface area contributed by atoms with Crippen LogP contribution < -0.4 is 9.47 Å². The third-order valence-electron chi connectivity index (χ3n) is 2.81. The molecule has 0 saturated carbocycles. The molecule has 0 bridgehead atoms. The van der Waals surface area contributed by atoms with E-state index in [2.05, 4.69) is 0 Å². The minimum atomic E-state index is -0.475. The largest absolute Gasteiger partial charge is 0.508 e. The summed E-state index contributed by atoms with van der Waals surface area (Å²) in [4.78, 5) is 0. The van der Waals surface area contributed by atoms with Crippen LogP contribution in [0.5, 0.6) is 17.2 Å². The van der Waals surface area contributed by atoms with Crippen LogP contribution in [-0.4, -0.2) is 18.3 Å². The topological polar surface area (TPSA) is 38.7 Å². The number of ether oxygens (including phenoxy) is 2. The van der Waals surface area contributed by atoms with Gasteiger partial charge in [0.05, 0.1) is 13.2 Å². The van der Waals surface area contributed by atoms with E-state index in [9.17, 15) is 9.50 Å². The Morgan fingerprint density at radius 3 is 2.30 bits per heavy atom. The van der Waals surface area contributed by atoms with Gasteiger partial charge in [0, 0.05) is 11.6 Å². The third-order valence-corrected chi connectivity index (χ3v) is 2.81. The Kier molecular flexibility index (Phi) is 4.45. The molecule has 0 heterocycles. The van der Waals surface area contributed by atoms with Crippen LogP contribution in [0, 0.1) is 5.82 Å². The zero-order valence-corrected chi connectivity index (χ0v) is 11.5. The van der Waals surface area contributed by atoms with Crippen molar-refractivity contribution in [2.45, 2.75) is 13.8 Å². The molecule has 0 aliphatic rings. The van der Waals surface area contributed by atoms with Crippen molar-refractivity contribution in [3.8, 4) is 28.4 Å². The normalized spacial score (nSPS) is 10.3. The van der Waals surface area contributed by atoms with Gasteiger partial charge in [-0.05, 0) is 43.7 Å². The molecule has 2 aromatic rings. The van der Waals surface area contributed by atoms with Crippen molar-refractivity contribution in [1.82, 2.24) is 0 Å². The molecule has 1 N–H and O–H groups in total. The molecular formula is C16H17FO3. The van der Waals surface area contributed by atoms with Crippen molar-refractivity contribution >= 4 is 0 Å². The Bertz CT molecular complexity index is 596. The summed E-state index contributed by atoms with van der Waals surface area (Å²) in [6, 6.07) is 9.35. The highest BCUT2D eigenvalue weighted by Crippen LogP contribution is 2.34. The maximum absolute atomic E-state index is 13.9. The van der Waals surface area contributed by atoms with Gasteiger partial charge in [-0.3, -0.25) is 0 Å². The lowest BCUT2D eigenvalue weighted by molar-refractivity contribution is 0.288. The molecule has 3 nitrogen and oxygen atoms in total. The first kappa shape index (κ1) is 14.2. The van der Waals surface area contributed by atoms with Crippen molar-refractivity contribution in [2.75, 3.05) is 13.2 Å². The molecule has 0 fully saturated rings. The summed E-state index contributed by atoms with van der Waals surface area (Å²) in [5, 5.41) is 9.25. The minimum Gasteiger partial charge on any atom is -0.508 e. The number of hydrogen-bond donors (Lipinski definition) is 1. The Morgan fingerprint density at radius 2 is 1.65 bits per heavy atom. The SMILES string of the molecule is CCOc1ccc(-c2ccc(O)cc2F)cc1OCC. The Balaban J connectivity index is 2.44. The molecular weight excluding hydrogens is 259 g/mol. The van der Waals surface area contributed by atoms with E-state index in [1.165, 1.54) is 12.1 Å². The van der Waals surface area contributed by atoms with Gasteiger partial charge in [-0.15, -0.1) is 0 Å². The average Bonchev–Trinajstić information content (AvgIpc) is 2.41. The molecule has 20 heavy (non-hydrogen) atoms. The summed E-state index contributed by atoms with van der Waals surface area (Å²) < 4.78 is 24.9. The standard InChI is InChI=1S/C16H17FO3/c1-3-19-15-8-5-11(9-16(15)20-4-2)13-7-6-12(18)10-14(13)17/h5-10,18H,3-4H2,1-2H3. The second-order valence-corrected chi connectivity index (χ2v) is 4.19. The van der Waals surface area contributed by atoms with E-state index in [-0.39, 0.29) is 5.75 Å². The van der Waals surface area contributed by atoms with Gasteiger partial charge in [-0.2, -0.15) is 0 Å². The second-order valence-electron chi connectivity index (χ2n) is 4.19. The van der Waals surface area contributed by atoms with Gasteiger partial charge in [0.1, 0.15) is 11.6 Å². The summed E-state index contributed by atoms with van der Waals surface area (Å²) in [6.45, 7) is 4.81. The van der Waals surface area contributed by atoms with Crippen LogP contribution in [0.2, 0.25) is 0 Å². The molecule has 2 aromatic carbocycles. The van der Waals surface area contributed by atoms with Crippen molar-refractivity contribution in [1.29, 1.82) is 0 Å². The molecule has 0 aliphatic carbocycles. The van der Waals surface area contributed by atoms with Crippen molar-refractivity contribution in [3.05, 3.63) is 42.2 Å². The highest BCUT2D eigenvalue weighted by molar-refractivity contribution is 5.68. The summed E-state index contributed by atoms with van der Waals surface area (Å²) in [5.41, 5.74) is 1.08. The highest BCUT2D eigenvalue weighted by Gasteiger charge is 2.11. The summed E-state index contributed by atoms with van der Waals surface area (Å²) >= 11 is 0. The van der Waals surface area contributed by atoms with Crippen LogP contribution in [0.3, 0.4) is 0 Å². The van der Waals surface area contributed by atoms with E-state index in [1.807, 2.05) is 13.8 Å². The van der Waals surface area contributed by atoms with Crippen LogP contribution in [0.25, 0.3) is 11.1 Å². The van der Waals surface area contributed by atoms with E-state index in [0.29, 0.717) is 35.8 Å². The van der Waals surface area contributed by atoms with Gasteiger partial charge in [-0.1, -0.05) is 6.07 Å². The fraction of sp³-hybridized carbons (Fsp3) is 0.250. The van der Waals surface area contributed by atoms with Gasteiger partial charge in [-0.25, -0.2) is 4.39 Å². The Labute approximate surface area is 117 Å². The number of phenols is 1. The molecule has 0 radical (unpaired) electrons. The first-order valence-corrected chi connectivity index (χ1v) is 6.54. The third kappa shape index (κ3) is 3.02. The zero-order chi connectivity index (χ0) is 14.5. The number of hydrogen-bond acceptors (Lipinski definition) is 3. The molecule has 0 aromatic heterocycles. The first-order valence-electron chi connectivity index (χ1n) is 6.54. The molecule has 0 saturated heterocycles. The summed E-state index contributed by atoms with van der Waals surface area (Å²) in [7, 11) is 0. The Morgan fingerprint density at radius 1 is 0.950 bits per heavy atom. The number of rotatable bonds is 5. The minimum absolute atomic E-state index is 0.0952. The number of aromatic hydroxyl groups is 1. The first-order chi connectivity index (χ1) is 9.65. The lowest BCUT2D eigenvalue weighted by Gasteiger charge is -2.13. The number of benzene rings is 2. The number of phenolic OH excluding ortho intramolecular Hbond substituents is 1. The maximum Gasteiger partial charge on any atom is 0.161 e. The van der Waals surface area contributed by atoms with Crippen LogP contribution in [0.15, 0.2) is 36.4 Å². The fourth-order valence-electron chi connectivity index (χ4n) is 1.96. The van der Waals surface area contributed by atoms with E-state index >= 15 is 0 Å². The highest BCUT2D eigenvalue weighted by atomic mass is 19.1. The monoisotopic (exact) mass is 276 g/mol. The lowest BCUT2D eigenvalue weighted by atomic mass is 10.0. The molecule has 106 valence electrons. The summed E-state index contributed by atoms with van der Waals surface area (Å²) in [6.07, 6.45) is 0. The van der Waals surface area contributed by atoms with Crippen molar-refractivity contribution in [3.63, 3.8) is 0 Å². The van der Waals surface area contributed by atoms with Gasteiger partial charge in [0.2, 0.25) is 0 Å². The smallest absolute Gasteiger partial charge is 0.161 e. The number of halogens is 1.